The van der Waals surface area contributed by atoms with Crippen LogP contribution in [0.4, 0.5) is 0 Å². The van der Waals surface area contributed by atoms with Crippen molar-refractivity contribution >= 4 is 29.8 Å². The summed E-state index contributed by atoms with van der Waals surface area (Å²) in [5.74, 6) is -0.550. The first-order valence-corrected chi connectivity index (χ1v) is 7.86. The van der Waals surface area contributed by atoms with E-state index in [1.54, 1.807) is 6.08 Å². The number of carbonyl (C=O) groups excluding carboxylic acids is 1. The molecule has 0 atom stereocenters. The van der Waals surface area contributed by atoms with E-state index in [0.717, 1.165) is 5.56 Å². The number of nitrogens with one attached hydrogen (secondary N) is 2. The number of H-pyrrole nitrogens is 2. The van der Waals surface area contributed by atoms with Crippen molar-refractivity contribution in [2.45, 2.75) is 26.2 Å². The maximum atomic E-state index is 12.1. The van der Waals surface area contributed by atoms with E-state index in [1.165, 1.54) is 18.7 Å². The predicted molar refractivity (Wildman–Crippen MR) is 97.3 cm³/mol. The molecule has 0 amide bonds. The number of methoxy groups -OCH3 is 1. The van der Waals surface area contributed by atoms with Crippen LogP contribution in [0.2, 0.25) is 0 Å². The van der Waals surface area contributed by atoms with Gasteiger partial charge in [-0.2, -0.15) is 0 Å². The van der Waals surface area contributed by atoms with Crippen LogP contribution >= 0.6 is 12.2 Å². The van der Waals surface area contributed by atoms with Crippen LogP contribution in [0.15, 0.2) is 35.1 Å². The molecular formula is C18H20N2O3S. The lowest BCUT2D eigenvalue weighted by molar-refractivity contribution is -0.133. The van der Waals surface area contributed by atoms with E-state index >= 15 is 0 Å². The van der Waals surface area contributed by atoms with Gasteiger partial charge in [-0.3, -0.25) is 9.78 Å². The van der Waals surface area contributed by atoms with Gasteiger partial charge in [-0.05, 0) is 34.8 Å². The van der Waals surface area contributed by atoms with Crippen LogP contribution in [0.25, 0.3) is 11.6 Å². The first-order valence-electron chi connectivity index (χ1n) is 7.45. The standard InChI is InChI=1S/C18H20N2O3S/c1-18(2,3)12-7-5-11(6-8-12)9-13(16(22)23-4)14-10-15(21)20-17(24)19-14/h5-10H,1-4H3,(H2,19,20,21,24)/b13-9-. The molecule has 1 aromatic carbocycles. The Morgan fingerprint density at radius 2 is 1.79 bits per heavy atom. The highest BCUT2D eigenvalue weighted by Gasteiger charge is 2.15. The second-order valence-electron chi connectivity index (χ2n) is 6.42. The van der Waals surface area contributed by atoms with E-state index in [1.807, 2.05) is 24.3 Å². The fraction of sp³-hybridized carbons (Fsp3) is 0.278. The fourth-order valence-electron chi connectivity index (χ4n) is 2.22. The average Bonchev–Trinajstić information content (AvgIpc) is 2.50. The van der Waals surface area contributed by atoms with E-state index in [-0.39, 0.29) is 21.3 Å². The van der Waals surface area contributed by atoms with Crippen molar-refractivity contribution in [1.29, 1.82) is 0 Å². The topological polar surface area (TPSA) is 75.0 Å². The van der Waals surface area contributed by atoms with Crippen LogP contribution in [0.3, 0.4) is 0 Å². The minimum Gasteiger partial charge on any atom is -0.465 e. The molecule has 0 unspecified atom stereocenters. The molecule has 2 N–H and O–H groups in total. The van der Waals surface area contributed by atoms with Crippen molar-refractivity contribution in [2.75, 3.05) is 7.11 Å². The Hall–Kier alpha value is -2.47. The quantitative estimate of drug-likeness (QED) is 0.508. The number of carbonyl (C=O) groups is 1. The lowest BCUT2D eigenvalue weighted by Gasteiger charge is -2.18. The molecular weight excluding hydrogens is 324 g/mol. The SMILES string of the molecule is COC(=O)/C(=C\c1ccc(C(C)(C)C)cc1)c1cc(=O)[nH]c(=S)[nH]1. The van der Waals surface area contributed by atoms with Gasteiger partial charge in [0.05, 0.1) is 18.4 Å². The second-order valence-corrected chi connectivity index (χ2v) is 6.83. The average molecular weight is 344 g/mol. The Kier molecular flexibility index (Phi) is 5.19. The normalized spacial score (nSPS) is 12.1. The molecule has 2 rings (SSSR count). The van der Waals surface area contributed by atoms with Gasteiger partial charge < -0.3 is 9.72 Å². The molecule has 126 valence electrons. The molecule has 0 radical (unpaired) electrons. The van der Waals surface area contributed by atoms with Crippen LogP contribution in [0.5, 0.6) is 0 Å². The monoisotopic (exact) mass is 344 g/mol. The third-order valence-electron chi connectivity index (χ3n) is 3.54. The molecule has 0 aliphatic rings. The zero-order chi connectivity index (χ0) is 17.9. The van der Waals surface area contributed by atoms with Gasteiger partial charge in [0.1, 0.15) is 0 Å². The maximum Gasteiger partial charge on any atom is 0.339 e. The van der Waals surface area contributed by atoms with Crippen LogP contribution in [0, 0.1) is 4.77 Å². The summed E-state index contributed by atoms with van der Waals surface area (Å²) in [5, 5.41) is 0. The molecule has 6 heteroatoms. The molecule has 0 spiro atoms. The highest BCUT2D eigenvalue weighted by atomic mass is 32.1. The van der Waals surface area contributed by atoms with Crippen molar-refractivity contribution < 1.29 is 9.53 Å². The van der Waals surface area contributed by atoms with Gasteiger partial charge in [-0.1, -0.05) is 45.0 Å². The maximum absolute atomic E-state index is 12.1. The van der Waals surface area contributed by atoms with Gasteiger partial charge in [0.2, 0.25) is 0 Å². The van der Waals surface area contributed by atoms with Gasteiger partial charge in [0.15, 0.2) is 4.77 Å². The van der Waals surface area contributed by atoms with Gasteiger partial charge in [0.25, 0.3) is 5.56 Å². The van der Waals surface area contributed by atoms with Crippen molar-refractivity contribution in [3.8, 4) is 0 Å². The molecule has 1 heterocycles. The number of ether oxygens (including phenoxy) is 1. The van der Waals surface area contributed by atoms with Gasteiger partial charge in [-0.25, -0.2) is 4.79 Å². The summed E-state index contributed by atoms with van der Waals surface area (Å²) in [5.41, 5.74) is 2.23. The highest BCUT2D eigenvalue weighted by Crippen LogP contribution is 2.24. The minimum absolute atomic E-state index is 0.0468. The molecule has 0 saturated carbocycles. The van der Waals surface area contributed by atoms with Gasteiger partial charge in [0, 0.05) is 6.07 Å². The molecule has 5 nitrogen and oxygen atoms in total. The summed E-state index contributed by atoms with van der Waals surface area (Å²) < 4.78 is 4.97. The number of aromatic amines is 2. The van der Waals surface area contributed by atoms with E-state index in [0.29, 0.717) is 5.69 Å². The van der Waals surface area contributed by atoms with Gasteiger partial charge in [-0.15, -0.1) is 0 Å². The number of benzene rings is 1. The molecule has 0 saturated heterocycles. The Morgan fingerprint density at radius 1 is 1.17 bits per heavy atom. The Balaban J connectivity index is 2.52. The number of esters is 1. The van der Waals surface area contributed by atoms with E-state index in [4.69, 9.17) is 17.0 Å². The first kappa shape index (κ1) is 17.9. The number of hydrogen-bond donors (Lipinski definition) is 2. The summed E-state index contributed by atoms with van der Waals surface area (Å²) in [7, 11) is 1.29. The zero-order valence-electron chi connectivity index (χ0n) is 14.1. The minimum atomic E-state index is -0.550. The summed E-state index contributed by atoms with van der Waals surface area (Å²) >= 11 is 4.96. The highest BCUT2D eigenvalue weighted by molar-refractivity contribution is 7.71. The summed E-state index contributed by atoms with van der Waals surface area (Å²) in [6.45, 7) is 6.40. The summed E-state index contributed by atoms with van der Waals surface area (Å²) in [4.78, 5) is 29.0. The Labute approximate surface area is 145 Å². The van der Waals surface area contributed by atoms with Crippen LogP contribution in [-0.2, 0) is 14.9 Å². The number of rotatable bonds is 3. The predicted octanol–water partition coefficient (Wildman–Crippen LogP) is 3.44. The van der Waals surface area contributed by atoms with Gasteiger partial charge >= 0.3 is 5.97 Å². The summed E-state index contributed by atoms with van der Waals surface area (Å²) in [6, 6.07) is 9.15. The Bertz CT molecular complexity index is 856. The van der Waals surface area contributed by atoms with E-state index < -0.39 is 5.97 Å². The molecule has 24 heavy (non-hydrogen) atoms. The number of aromatic nitrogens is 2. The third-order valence-corrected chi connectivity index (χ3v) is 3.75. The lowest BCUT2D eigenvalue weighted by atomic mass is 9.86. The molecule has 2 aromatic rings. The van der Waals surface area contributed by atoms with E-state index in [2.05, 4.69) is 30.7 Å². The number of hydrogen-bond acceptors (Lipinski definition) is 4. The zero-order valence-corrected chi connectivity index (χ0v) is 14.9. The molecule has 1 aromatic heterocycles. The molecule has 0 bridgehead atoms. The van der Waals surface area contributed by atoms with Crippen LogP contribution in [0.1, 0.15) is 37.6 Å². The first-order chi connectivity index (χ1) is 11.2. The van der Waals surface area contributed by atoms with Crippen LogP contribution in [-0.4, -0.2) is 23.0 Å². The van der Waals surface area contributed by atoms with E-state index in [9.17, 15) is 9.59 Å². The molecule has 0 aliphatic heterocycles. The lowest BCUT2D eigenvalue weighted by Crippen LogP contribution is -2.12. The van der Waals surface area contributed by atoms with Crippen molar-refractivity contribution in [3.05, 3.63) is 62.3 Å². The fourth-order valence-corrected chi connectivity index (χ4v) is 2.43. The summed E-state index contributed by atoms with van der Waals surface area (Å²) in [6.07, 6.45) is 1.66. The van der Waals surface area contributed by atoms with Crippen LogP contribution < -0.4 is 5.56 Å². The third kappa shape index (κ3) is 4.29. The molecule has 0 aliphatic carbocycles. The largest absolute Gasteiger partial charge is 0.465 e. The van der Waals surface area contributed by atoms with Crippen molar-refractivity contribution in [3.63, 3.8) is 0 Å². The molecule has 0 fully saturated rings. The Morgan fingerprint density at radius 3 is 2.29 bits per heavy atom. The smallest absolute Gasteiger partial charge is 0.339 e. The van der Waals surface area contributed by atoms with Crippen molar-refractivity contribution in [2.24, 2.45) is 0 Å². The second kappa shape index (κ2) is 6.97. The van der Waals surface area contributed by atoms with Crippen molar-refractivity contribution in [1.82, 2.24) is 9.97 Å².